The van der Waals surface area contributed by atoms with E-state index in [-0.39, 0.29) is 17.8 Å². The molecular formula is C24H29ClO4. The SMILES string of the molecule is CCCC(C)(C)c1cc(C)c(OC(=O)c2cccc(Cl)c2)c(CC(=O)OCC)c1. The quantitative estimate of drug-likeness (QED) is 0.388. The zero-order valence-electron chi connectivity index (χ0n) is 17.8. The molecule has 0 aromatic heterocycles. The van der Waals surface area contributed by atoms with Crippen LogP contribution in [0.4, 0.5) is 0 Å². The van der Waals surface area contributed by atoms with Gasteiger partial charge in [0, 0.05) is 10.6 Å². The van der Waals surface area contributed by atoms with Gasteiger partial charge < -0.3 is 9.47 Å². The topological polar surface area (TPSA) is 52.6 Å². The van der Waals surface area contributed by atoms with E-state index in [1.54, 1.807) is 31.2 Å². The van der Waals surface area contributed by atoms with Gasteiger partial charge in [0.05, 0.1) is 18.6 Å². The Balaban J connectivity index is 2.45. The second-order valence-corrected chi connectivity index (χ2v) is 8.23. The van der Waals surface area contributed by atoms with Gasteiger partial charge in [-0.05, 0) is 55.0 Å². The van der Waals surface area contributed by atoms with Gasteiger partial charge in [0.15, 0.2) is 0 Å². The van der Waals surface area contributed by atoms with Crippen molar-refractivity contribution in [1.82, 2.24) is 0 Å². The van der Waals surface area contributed by atoms with E-state index in [2.05, 4.69) is 20.8 Å². The summed E-state index contributed by atoms with van der Waals surface area (Å²) in [5.74, 6) is -0.460. The lowest BCUT2D eigenvalue weighted by atomic mass is 9.79. The summed E-state index contributed by atoms with van der Waals surface area (Å²) >= 11 is 5.99. The highest BCUT2D eigenvalue weighted by atomic mass is 35.5. The molecule has 2 aromatic rings. The van der Waals surface area contributed by atoms with Crippen molar-refractivity contribution >= 4 is 23.5 Å². The summed E-state index contributed by atoms with van der Waals surface area (Å²) in [6.45, 7) is 10.5. The Kier molecular flexibility index (Phi) is 7.86. The molecule has 0 aliphatic heterocycles. The molecule has 0 fully saturated rings. The predicted octanol–water partition coefficient (Wildman–Crippen LogP) is 6.05. The first-order valence-corrected chi connectivity index (χ1v) is 10.3. The van der Waals surface area contributed by atoms with Crippen LogP contribution in [-0.2, 0) is 21.4 Å². The Morgan fingerprint density at radius 2 is 1.83 bits per heavy atom. The maximum absolute atomic E-state index is 12.7. The zero-order chi connectivity index (χ0) is 21.6. The van der Waals surface area contributed by atoms with Crippen LogP contribution in [0, 0.1) is 6.92 Å². The highest BCUT2D eigenvalue weighted by Crippen LogP contribution is 2.35. The summed E-state index contributed by atoms with van der Waals surface area (Å²) in [6.07, 6.45) is 2.10. The highest BCUT2D eigenvalue weighted by Gasteiger charge is 2.24. The number of carbonyl (C=O) groups excluding carboxylic acids is 2. The van der Waals surface area contributed by atoms with Crippen LogP contribution in [0.1, 0.15) is 67.6 Å². The number of hydrogen-bond acceptors (Lipinski definition) is 4. The van der Waals surface area contributed by atoms with Gasteiger partial charge in [-0.2, -0.15) is 0 Å². The Bertz CT molecular complexity index is 886. The fourth-order valence-electron chi connectivity index (χ4n) is 3.42. The average Bonchev–Trinajstić information content (AvgIpc) is 2.64. The lowest BCUT2D eigenvalue weighted by Crippen LogP contribution is -2.19. The number of rotatable bonds is 8. The van der Waals surface area contributed by atoms with Gasteiger partial charge in [0.25, 0.3) is 0 Å². The Hall–Kier alpha value is -2.33. The van der Waals surface area contributed by atoms with Crippen LogP contribution in [-0.4, -0.2) is 18.5 Å². The standard InChI is InChI=1S/C24H29ClO4/c1-6-11-24(4,5)19-12-16(3)22(18(13-19)15-21(26)28-7-2)29-23(27)17-9-8-10-20(25)14-17/h8-10,12-14H,6-7,11,15H2,1-5H3. The van der Waals surface area contributed by atoms with Crippen LogP contribution in [0.5, 0.6) is 5.75 Å². The van der Waals surface area contributed by atoms with E-state index in [0.717, 1.165) is 24.0 Å². The predicted molar refractivity (Wildman–Crippen MR) is 116 cm³/mol. The number of esters is 2. The summed E-state index contributed by atoms with van der Waals surface area (Å²) < 4.78 is 10.8. The van der Waals surface area contributed by atoms with Crippen LogP contribution in [0.2, 0.25) is 5.02 Å². The molecule has 0 saturated heterocycles. The van der Waals surface area contributed by atoms with Crippen LogP contribution in [0.25, 0.3) is 0 Å². The summed E-state index contributed by atoms with van der Waals surface area (Å²) in [6, 6.07) is 10.6. The van der Waals surface area contributed by atoms with Crippen molar-refractivity contribution in [3.05, 3.63) is 63.7 Å². The minimum absolute atomic E-state index is 0.0445. The minimum atomic E-state index is -0.513. The fourth-order valence-corrected chi connectivity index (χ4v) is 3.61. The largest absolute Gasteiger partial charge is 0.466 e. The van der Waals surface area contributed by atoms with Crippen molar-refractivity contribution in [3.8, 4) is 5.75 Å². The smallest absolute Gasteiger partial charge is 0.343 e. The molecular weight excluding hydrogens is 388 g/mol. The first-order chi connectivity index (χ1) is 13.7. The van der Waals surface area contributed by atoms with Crippen LogP contribution < -0.4 is 4.74 Å². The van der Waals surface area contributed by atoms with Gasteiger partial charge in [-0.15, -0.1) is 0 Å². The van der Waals surface area contributed by atoms with Crippen molar-refractivity contribution in [2.24, 2.45) is 0 Å². The summed E-state index contributed by atoms with van der Waals surface area (Å²) in [5, 5.41) is 0.458. The minimum Gasteiger partial charge on any atom is -0.466 e. The van der Waals surface area contributed by atoms with Crippen LogP contribution >= 0.6 is 11.6 Å². The first-order valence-electron chi connectivity index (χ1n) is 9.95. The molecule has 0 radical (unpaired) electrons. The van der Waals surface area contributed by atoms with E-state index < -0.39 is 5.97 Å². The Morgan fingerprint density at radius 3 is 2.45 bits per heavy atom. The molecule has 0 N–H and O–H groups in total. The Labute approximate surface area is 178 Å². The second kappa shape index (κ2) is 9.93. The number of hydrogen-bond donors (Lipinski definition) is 0. The van der Waals surface area contributed by atoms with E-state index in [0.29, 0.717) is 28.5 Å². The lowest BCUT2D eigenvalue weighted by molar-refractivity contribution is -0.142. The summed E-state index contributed by atoms with van der Waals surface area (Å²) in [7, 11) is 0. The number of carbonyl (C=O) groups is 2. The molecule has 0 atom stereocenters. The molecule has 0 saturated carbocycles. The van der Waals surface area contributed by atoms with E-state index in [4.69, 9.17) is 21.1 Å². The molecule has 0 aliphatic carbocycles. The van der Waals surface area contributed by atoms with Gasteiger partial charge in [0.1, 0.15) is 5.75 Å². The molecule has 2 rings (SSSR count). The van der Waals surface area contributed by atoms with Crippen molar-refractivity contribution < 1.29 is 19.1 Å². The van der Waals surface area contributed by atoms with Crippen LogP contribution in [0.15, 0.2) is 36.4 Å². The second-order valence-electron chi connectivity index (χ2n) is 7.80. The number of benzene rings is 2. The van der Waals surface area contributed by atoms with Gasteiger partial charge in [-0.25, -0.2) is 4.79 Å². The zero-order valence-corrected chi connectivity index (χ0v) is 18.6. The molecule has 156 valence electrons. The summed E-state index contributed by atoms with van der Waals surface area (Å²) in [4.78, 5) is 24.9. The third-order valence-corrected chi connectivity index (χ3v) is 5.14. The van der Waals surface area contributed by atoms with Crippen LogP contribution in [0.3, 0.4) is 0 Å². The third kappa shape index (κ3) is 6.07. The average molecular weight is 417 g/mol. The van der Waals surface area contributed by atoms with Crippen molar-refractivity contribution in [2.75, 3.05) is 6.61 Å². The van der Waals surface area contributed by atoms with Gasteiger partial charge in [0.2, 0.25) is 0 Å². The van der Waals surface area contributed by atoms with E-state index >= 15 is 0 Å². The molecule has 0 bridgehead atoms. The van der Waals surface area contributed by atoms with Crippen molar-refractivity contribution in [2.45, 2.75) is 59.3 Å². The first kappa shape index (κ1) is 23.0. The van der Waals surface area contributed by atoms with E-state index in [1.165, 1.54) is 0 Å². The lowest BCUT2D eigenvalue weighted by Gasteiger charge is -2.27. The molecule has 0 amide bonds. The third-order valence-electron chi connectivity index (χ3n) is 4.90. The number of aryl methyl sites for hydroxylation is 1. The van der Waals surface area contributed by atoms with Gasteiger partial charge >= 0.3 is 11.9 Å². The summed E-state index contributed by atoms with van der Waals surface area (Å²) in [5.41, 5.74) is 2.87. The molecule has 2 aromatic carbocycles. The molecule has 0 aliphatic rings. The molecule has 0 heterocycles. The van der Waals surface area contributed by atoms with Gasteiger partial charge in [-0.1, -0.05) is 57.0 Å². The van der Waals surface area contributed by atoms with Gasteiger partial charge in [-0.3, -0.25) is 4.79 Å². The van der Waals surface area contributed by atoms with E-state index in [9.17, 15) is 9.59 Å². The normalized spacial score (nSPS) is 11.2. The van der Waals surface area contributed by atoms with Crippen molar-refractivity contribution in [3.63, 3.8) is 0 Å². The monoisotopic (exact) mass is 416 g/mol. The highest BCUT2D eigenvalue weighted by molar-refractivity contribution is 6.30. The number of halogens is 1. The van der Waals surface area contributed by atoms with Crippen molar-refractivity contribution in [1.29, 1.82) is 0 Å². The van der Waals surface area contributed by atoms with E-state index in [1.807, 2.05) is 19.1 Å². The molecule has 5 heteroatoms. The maximum Gasteiger partial charge on any atom is 0.343 e. The maximum atomic E-state index is 12.7. The molecule has 0 spiro atoms. The fraction of sp³-hybridized carbons (Fsp3) is 0.417. The molecule has 4 nitrogen and oxygen atoms in total. The molecule has 0 unspecified atom stereocenters. The Morgan fingerprint density at radius 1 is 1.10 bits per heavy atom. The number of ether oxygens (including phenoxy) is 2. The molecule has 29 heavy (non-hydrogen) atoms.